The summed E-state index contributed by atoms with van der Waals surface area (Å²) in [6.07, 6.45) is 4.48. The van der Waals surface area contributed by atoms with Crippen molar-refractivity contribution in [2.45, 2.75) is 32.8 Å². The Balaban J connectivity index is 1.32. The Kier molecular flexibility index (Phi) is 5.98. The maximum atomic E-state index is 10.2. The molecule has 0 aromatic rings. The Morgan fingerprint density at radius 3 is 2.58 bits per heavy atom. The summed E-state index contributed by atoms with van der Waals surface area (Å²) in [5.74, 6) is 1.55. The van der Waals surface area contributed by atoms with Gasteiger partial charge in [0, 0.05) is 39.3 Å². The number of fused-ring (bicyclic) bond motifs is 1. The molecule has 1 saturated carbocycles. The van der Waals surface area contributed by atoms with E-state index in [1.165, 1.54) is 18.4 Å². The average molecular weight is 338 g/mol. The van der Waals surface area contributed by atoms with Crippen LogP contribution in [-0.2, 0) is 4.74 Å². The molecule has 2 bridgehead atoms. The van der Waals surface area contributed by atoms with Crippen molar-refractivity contribution in [3.63, 3.8) is 0 Å². The molecule has 2 N–H and O–H groups in total. The van der Waals surface area contributed by atoms with Crippen LogP contribution in [0.3, 0.4) is 0 Å². The number of nitrogens with zero attached hydrogens (tertiary/aromatic N) is 2. The summed E-state index contributed by atoms with van der Waals surface area (Å²) < 4.78 is 5.84. The summed E-state index contributed by atoms with van der Waals surface area (Å²) in [5.41, 5.74) is 1.90. The van der Waals surface area contributed by atoms with E-state index in [4.69, 9.17) is 9.84 Å². The lowest BCUT2D eigenvalue weighted by molar-refractivity contribution is -0.0276. The van der Waals surface area contributed by atoms with E-state index in [1.807, 2.05) is 0 Å². The molecule has 1 saturated heterocycles. The van der Waals surface area contributed by atoms with Crippen LogP contribution in [0.1, 0.15) is 26.7 Å². The minimum absolute atomic E-state index is 0.227. The molecule has 0 aromatic carbocycles. The SMILES string of the molecule is CC1(C)C2CC=C(COCC(O)CN3CCN(CCO)CC3)C1C2. The zero-order valence-corrected chi connectivity index (χ0v) is 15.3. The van der Waals surface area contributed by atoms with Crippen molar-refractivity contribution in [2.24, 2.45) is 17.3 Å². The van der Waals surface area contributed by atoms with Crippen molar-refractivity contribution in [3.05, 3.63) is 11.6 Å². The van der Waals surface area contributed by atoms with Gasteiger partial charge in [-0.25, -0.2) is 0 Å². The van der Waals surface area contributed by atoms with Crippen molar-refractivity contribution in [2.75, 3.05) is 59.1 Å². The van der Waals surface area contributed by atoms with E-state index in [9.17, 15) is 5.11 Å². The lowest BCUT2D eigenvalue weighted by Gasteiger charge is -2.56. The Labute approximate surface area is 146 Å². The average Bonchev–Trinajstić information content (AvgIpc) is 2.57. The fraction of sp³-hybridized carbons (Fsp3) is 0.895. The monoisotopic (exact) mass is 338 g/mol. The lowest BCUT2D eigenvalue weighted by Crippen LogP contribution is -2.50. The smallest absolute Gasteiger partial charge is 0.0900 e. The van der Waals surface area contributed by atoms with Gasteiger partial charge in [0.05, 0.1) is 25.9 Å². The molecule has 4 rings (SSSR count). The Hall–Kier alpha value is -0.460. The predicted octanol–water partition coefficient (Wildman–Crippen LogP) is 0.966. The molecule has 5 nitrogen and oxygen atoms in total. The second-order valence-electron chi connectivity index (χ2n) is 8.36. The van der Waals surface area contributed by atoms with Crippen molar-refractivity contribution in [1.82, 2.24) is 9.80 Å². The predicted molar refractivity (Wildman–Crippen MR) is 94.9 cm³/mol. The number of piperazine rings is 1. The molecule has 1 aliphatic heterocycles. The van der Waals surface area contributed by atoms with Crippen LogP contribution in [-0.4, -0.2) is 85.2 Å². The van der Waals surface area contributed by atoms with E-state index in [0.717, 1.165) is 38.6 Å². The van der Waals surface area contributed by atoms with Crippen LogP contribution >= 0.6 is 0 Å². The van der Waals surface area contributed by atoms with Gasteiger partial charge in [0.25, 0.3) is 0 Å². The molecule has 0 spiro atoms. The highest BCUT2D eigenvalue weighted by molar-refractivity contribution is 5.23. The Bertz CT molecular complexity index is 444. The van der Waals surface area contributed by atoms with Crippen LogP contribution in [0.4, 0.5) is 0 Å². The molecule has 3 unspecified atom stereocenters. The molecule has 5 heteroatoms. The zero-order valence-electron chi connectivity index (χ0n) is 15.3. The summed E-state index contributed by atoms with van der Waals surface area (Å²) >= 11 is 0. The second-order valence-corrected chi connectivity index (χ2v) is 8.36. The van der Waals surface area contributed by atoms with Crippen molar-refractivity contribution < 1.29 is 14.9 Å². The highest BCUT2D eigenvalue weighted by Crippen LogP contribution is 2.59. The largest absolute Gasteiger partial charge is 0.395 e. The first-order chi connectivity index (χ1) is 11.5. The number of hydrogen-bond donors (Lipinski definition) is 2. The summed E-state index contributed by atoms with van der Waals surface area (Å²) in [6.45, 7) is 11.4. The third kappa shape index (κ3) is 4.02. The van der Waals surface area contributed by atoms with Crippen LogP contribution in [0.25, 0.3) is 0 Å². The van der Waals surface area contributed by atoms with E-state index in [2.05, 4.69) is 29.7 Å². The minimum atomic E-state index is -0.416. The van der Waals surface area contributed by atoms with Crippen molar-refractivity contribution >= 4 is 0 Å². The Morgan fingerprint density at radius 2 is 1.96 bits per heavy atom. The molecule has 3 atom stereocenters. The molecular formula is C19H34N2O3. The van der Waals surface area contributed by atoms with E-state index in [0.29, 0.717) is 31.1 Å². The normalized spacial score (nSPS) is 31.4. The van der Waals surface area contributed by atoms with Gasteiger partial charge >= 0.3 is 0 Å². The van der Waals surface area contributed by atoms with Crippen LogP contribution < -0.4 is 0 Å². The van der Waals surface area contributed by atoms with E-state index < -0.39 is 6.10 Å². The first kappa shape index (κ1) is 18.3. The van der Waals surface area contributed by atoms with Gasteiger partial charge in [0.15, 0.2) is 0 Å². The molecular weight excluding hydrogens is 304 g/mol. The van der Waals surface area contributed by atoms with Gasteiger partial charge < -0.3 is 14.9 Å². The number of aliphatic hydroxyl groups is 2. The number of ether oxygens (including phenoxy) is 1. The second kappa shape index (κ2) is 7.83. The van der Waals surface area contributed by atoms with Crippen LogP contribution in [0.15, 0.2) is 11.6 Å². The summed E-state index contributed by atoms with van der Waals surface area (Å²) in [5, 5.41) is 19.2. The number of aliphatic hydroxyl groups excluding tert-OH is 2. The van der Waals surface area contributed by atoms with Gasteiger partial charge in [-0.1, -0.05) is 19.9 Å². The molecule has 1 heterocycles. The van der Waals surface area contributed by atoms with E-state index in [-0.39, 0.29) is 6.61 Å². The molecule has 4 aliphatic rings. The molecule has 0 aromatic heterocycles. The van der Waals surface area contributed by atoms with Crippen LogP contribution in [0, 0.1) is 17.3 Å². The first-order valence-electron chi connectivity index (χ1n) is 9.51. The number of rotatable bonds is 8. The Morgan fingerprint density at radius 1 is 1.25 bits per heavy atom. The maximum absolute atomic E-state index is 10.2. The molecule has 138 valence electrons. The summed E-state index contributed by atoms with van der Waals surface area (Å²) in [6, 6.07) is 0. The number of allylic oxidation sites excluding steroid dienone is 1. The third-order valence-electron chi connectivity index (χ3n) is 6.51. The van der Waals surface area contributed by atoms with Gasteiger partial charge in [0.1, 0.15) is 0 Å². The van der Waals surface area contributed by atoms with Gasteiger partial charge in [-0.3, -0.25) is 9.80 Å². The highest BCUT2D eigenvalue weighted by Gasteiger charge is 2.50. The molecule has 24 heavy (non-hydrogen) atoms. The molecule has 0 amide bonds. The number of β-amino-alcohol motifs (C(OH)–C–C–N with tert-alkyl or cyclic N) is 2. The van der Waals surface area contributed by atoms with Gasteiger partial charge in [-0.05, 0) is 35.7 Å². The van der Waals surface area contributed by atoms with E-state index in [1.54, 1.807) is 0 Å². The van der Waals surface area contributed by atoms with Crippen LogP contribution in [0.2, 0.25) is 0 Å². The maximum Gasteiger partial charge on any atom is 0.0900 e. The molecule has 3 aliphatic carbocycles. The lowest BCUT2D eigenvalue weighted by atomic mass is 9.49. The quantitative estimate of drug-likeness (QED) is 0.646. The molecule has 2 fully saturated rings. The fourth-order valence-corrected chi connectivity index (χ4v) is 4.64. The van der Waals surface area contributed by atoms with Crippen LogP contribution in [0.5, 0.6) is 0 Å². The number of hydrogen-bond acceptors (Lipinski definition) is 5. The standard InChI is InChI=1S/C19H34N2O3/c1-19(2)16-4-3-15(18(19)11-16)13-24-14-17(23)12-21-7-5-20(6-8-21)9-10-22/h3,16-18,22-23H,4-14H2,1-2H3. The first-order valence-corrected chi connectivity index (χ1v) is 9.51. The third-order valence-corrected chi connectivity index (χ3v) is 6.51. The molecule has 0 radical (unpaired) electrons. The van der Waals surface area contributed by atoms with E-state index >= 15 is 0 Å². The van der Waals surface area contributed by atoms with Crippen molar-refractivity contribution in [1.29, 1.82) is 0 Å². The summed E-state index contributed by atoms with van der Waals surface area (Å²) in [4.78, 5) is 4.56. The van der Waals surface area contributed by atoms with Crippen molar-refractivity contribution in [3.8, 4) is 0 Å². The highest BCUT2D eigenvalue weighted by atomic mass is 16.5. The van der Waals surface area contributed by atoms with Gasteiger partial charge in [0.2, 0.25) is 0 Å². The summed E-state index contributed by atoms with van der Waals surface area (Å²) in [7, 11) is 0. The zero-order chi connectivity index (χ0) is 17.2. The minimum Gasteiger partial charge on any atom is -0.395 e. The fourth-order valence-electron chi connectivity index (χ4n) is 4.64. The topological polar surface area (TPSA) is 56.2 Å². The van der Waals surface area contributed by atoms with Gasteiger partial charge in [-0.15, -0.1) is 0 Å². The van der Waals surface area contributed by atoms with Gasteiger partial charge in [-0.2, -0.15) is 0 Å².